The van der Waals surface area contributed by atoms with Crippen molar-refractivity contribution in [3.8, 4) is 0 Å². The van der Waals surface area contributed by atoms with Crippen molar-refractivity contribution >= 4 is 0 Å². The first kappa shape index (κ1) is 21.4. The lowest BCUT2D eigenvalue weighted by Gasteiger charge is -2.56. The van der Waals surface area contributed by atoms with E-state index in [0.717, 1.165) is 25.7 Å². The van der Waals surface area contributed by atoms with Crippen molar-refractivity contribution in [3.05, 3.63) is 46.8 Å². The largest absolute Gasteiger partial charge is 0.243 e. The van der Waals surface area contributed by atoms with Gasteiger partial charge in [-0.05, 0) is 30.9 Å². The van der Waals surface area contributed by atoms with E-state index in [0.29, 0.717) is 24.0 Å². The molecule has 3 rings (SSSR count). The van der Waals surface area contributed by atoms with Crippen LogP contribution in [0.1, 0.15) is 88.6 Å². The Hall–Kier alpha value is -1.32. The van der Waals surface area contributed by atoms with Crippen LogP contribution in [0.15, 0.2) is 24.3 Å². The quantitative estimate of drug-likeness (QED) is 0.262. The molecule has 0 aromatic heterocycles. The SMILES string of the molecule is CCCCCC1C=CC2c3ccc(CCC)c(F)c3C(F)C(F)C2(C)C1(C)F. The molecular formula is C24H32F4. The minimum Gasteiger partial charge on any atom is -0.243 e. The van der Waals surface area contributed by atoms with Gasteiger partial charge in [-0.15, -0.1) is 0 Å². The molecule has 0 N–H and O–H groups in total. The highest BCUT2D eigenvalue weighted by molar-refractivity contribution is 5.47. The van der Waals surface area contributed by atoms with E-state index in [9.17, 15) is 4.39 Å². The summed E-state index contributed by atoms with van der Waals surface area (Å²) in [4.78, 5) is 0. The van der Waals surface area contributed by atoms with Gasteiger partial charge in [0.1, 0.15) is 17.7 Å². The second-order valence-electron chi connectivity index (χ2n) is 8.92. The van der Waals surface area contributed by atoms with Crippen molar-refractivity contribution in [1.29, 1.82) is 0 Å². The lowest BCUT2D eigenvalue weighted by atomic mass is 9.51. The Labute approximate surface area is 166 Å². The van der Waals surface area contributed by atoms with E-state index in [4.69, 9.17) is 0 Å². The molecule has 6 unspecified atom stereocenters. The molecule has 1 aromatic carbocycles. The lowest BCUT2D eigenvalue weighted by Crippen LogP contribution is -2.59. The Morgan fingerprint density at radius 3 is 2.36 bits per heavy atom. The summed E-state index contributed by atoms with van der Waals surface area (Å²) in [5.74, 6) is -1.79. The minimum atomic E-state index is -2.15. The average molecular weight is 397 g/mol. The zero-order chi connectivity index (χ0) is 20.7. The molecule has 0 amide bonds. The summed E-state index contributed by atoms with van der Waals surface area (Å²) >= 11 is 0. The maximum absolute atomic E-state index is 16.1. The van der Waals surface area contributed by atoms with E-state index < -0.39 is 41.1 Å². The number of aryl methyl sites for hydroxylation is 1. The molecule has 0 radical (unpaired) electrons. The molecule has 0 bridgehead atoms. The van der Waals surface area contributed by atoms with Crippen molar-refractivity contribution in [1.82, 2.24) is 0 Å². The van der Waals surface area contributed by atoms with Crippen LogP contribution >= 0.6 is 0 Å². The molecule has 0 nitrogen and oxygen atoms in total. The Bertz CT molecular complexity index is 738. The van der Waals surface area contributed by atoms with Crippen LogP contribution in [0.5, 0.6) is 0 Å². The minimum absolute atomic E-state index is 0.203. The van der Waals surface area contributed by atoms with Gasteiger partial charge in [-0.25, -0.2) is 17.6 Å². The van der Waals surface area contributed by atoms with E-state index in [-0.39, 0.29) is 5.56 Å². The fourth-order valence-electron chi connectivity index (χ4n) is 5.30. The number of fused-ring (bicyclic) bond motifs is 3. The fraction of sp³-hybridized carbons (Fsp3) is 0.667. The Kier molecular flexibility index (Phi) is 5.99. The third-order valence-electron chi connectivity index (χ3n) is 7.30. The monoisotopic (exact) mass is 396 g/mol. The molecule has 0 heterocycles. The first-order valence-corrected chi connectivity index (χ1v) is 10.7. The average Bonchev–Trinajstić information content (AvgIpc) is 2.65. The summed E-state index contributed by atoms with van der Waals surface area (Å²) in [7, 11) is 0. The zero-order valence-electron chi connectivity index (χ0n) is 17.4. The van der Waals surface area contributed by atoms with Gasteiger partial charge in [-0.1, -0.05) is 70.7 Å². The van der Waals surface area contributed by atoms with Gasteiger partial charge in [0.15, 0.2) is 6.17 Å². The number of unbranched alkanes of at least 4 members (excludes halogenated alkanes) is 2. The van der Waals surface area contributed by atoms with Gasteiger partial charge in [0, 0.05) is 22.8 Å². The first-order chi connectivity index (χ1) is 13.2. The van der Waals surface area contributed by atoms with Gasteiger partial charge >= 0.3 is 0 Å². The smallest absolute Gasteiger partial charge is 0.160 e. The van der Waals surface area contributed by atoms with Gasteiger partial charge < -0.3 is 0 Å². The molecule has 0 saturated carbocycles. The van der Waals surface area contributed by atoms with Crippen LogP contribution in [0.3, 0.4) is 0 Å². The standard InChI is InChI=1S/C24H32F4/c1-5-7-8-10-16-12-14-18-17-13-11-15(9-6-2)20(25)19(17)21(26)22(27)23(18,3)24(16,4)28/h11-14,16,18,21-22H,5-10H2,1-4H3. The molecule has 28 heavy (non-hydrogen) atoms. The lowest BCUT2D eigenvalue weighted by molar-refractivity contribution is -0.116. The van der Waals surface area contributed by atoms with Crippen LogP contribution in [0.4, 0.5) is 17.6 Å². The highest BCUT2D eigenvalue weighted by Gasteiger charge is 2.64. The molecule has 0 fully saturated rings. The van der Waals surface area contributed by atoms with E-state index in [1.807, 2.05) is 13.0 Å². The zero-order valence-corrected chi connectivity index (χ0v) is 17.4. The Morgan fingerprint density at radius 2 is 1.71 bits per heavy atom. The summed E-state index contributed by atoms with van der Waals surface area (Å²) in [6.45, 7) is 6.91. The number of benzene rings is 1. The second-order valence-corrected chi connectivity index (χ2v) is 8.92. The molecule has 156 valence electrons. The molecular weight excluding hydrogens is 364 g/mol. The molecule has 1 aromatic rings. The summed E-state index contributed by atoms with van der Waals surface area (Å²) in [5.41, 5.74) is -2.89. The summed E-state index contributed by atoms with van der Waals surface area (Å²) in [6.07, 6.45) is 4.03. The van der Waals surface area contributed by atoms with Gasteiger partial charge in [0.05, 0.1) is 0 Å². The summed E-state index contributed by atoms with van der Waals surface area (Å²) < 4.78 is 61.9. The highest BCUT2D eigenvalue weighted by Crippen LogP contribution is 2.63. The third-order valence-corrected chi connectivity index (χ3v) is 7.30. The van der Waals surface area contributed by atoms with Gasteiger partial charge in [-0.2, -0.15) is 0 Å². The predicted molar refractivity (Wildman–Crippen MR) is 106 cm³/mol. The maximum Gasteiger partial charge on any atom is 0.160 e. The number of hydrogen-bond acceptors (Lipinski definition) is 0. The van der Waals surface area contributed by atoms with Gasteiger partial charge in [-0.3, -0.25) is 0 Å². The number of halogens is 4. The van der Waals surface area contributed by atoms with Crippen molar-refractivity contribution in [3.63, 3.8) is 0 Å². The van der Waals surface area contributed by atoms with Crippen molar-refractivity contribution in [2.75, 3.05) is 0 Å². The highest BCUT2D eigenvalue weighted by atomic mass is 19.2. The third kappa shape index (κ3) is 3.02. The Balaban J connectivity index is 2.09. The van der Waals surface area contributed by atoms with Crippen LogP contribution in [-0.4, -0.2) is 11.8 Å². The van der Waals surface area contributed by atoms with E-state index in [1.165, 1.54) is 13.8 Å². The second kappa shape index (κ2) is 7.84. The molecule has 6 atom stereocenters. The van der Waals surface area contributed by atoms with Gasteiger partial charge in [0.2, 0.25) is 0 Å². The van der Waals surface area contributed by atoms with Crippen LogP contribution < -0.4 is 0 Å². The molecule has 2 aliphatic rings. The number of hydrogen-bond donors (Lipinski definition) is 0. The maximum atomic E-state index is 16.1. The van der Waals surface area contributed by atoms with Crippen LogP contribution in [0.2, 0.25) is 0 Å². The topological polar surface area (TPSA) is 0 Å². The summed E-state index contributed by atoms with van der Waals surface area (Å²) in [5, 5.41) is 0. The number of alkyl halides is 3. The molecule has 0 spiro atoms. The summed E-state index contributed by atoms with van der Waals surface area (Å²) in [6, 6.07) is 3.34. The van der Waals surface area contributed by atoms with Crippen LogP contribution in [-0.2, 0) is 6.42 Å². The van der Waals surface area contributed by atoms with E-state index in [1.54, 1.807) is 18.2 Å². The normalized spacial score (nSPS) is 36.9. The number of allylic oxidation sites excluding steroid dienone is 2. The van der Waals surface area contributed by atoms with Crippen molar-refractivity contribution in [2.45, 2.75) is 90.1 Å². The predicted octanol–water partition coefficient (Wildman–Crippen LogP) is 7.72. The van der Waals surface area contributed by atoms with Crippen molar-refractivity contribution in [2.24, 2.45) is 11.3 Å². The fourth-order valence-corrected chi connectivity index (χ4v) is 5.30. The van der Waals surface area contributed by atoms with Crippen LogP contribution in [0, 0.1) is 17.2 Å². The molecule has 0 saturated heterocycles. The number of rotatable bonds is 6. The van der Waals surface area contributed by atoms with E-state index >= 15 is 13.2 Å². The first-order valence-electron chi connectivity index (χ1n) is 10.7. The van der Waals surface area contributed by atoms with Crippen molar-refractivity contribution < 1.29 is 17.6 Å². The molecule has 2 aliphatic carbocycles. The molecule has 0 aliphatic heterocycles. The van der Waals surface area contributed by atoms with Crippen LogP contribution in [0.25, 0.3) is 0 Å². The Morgan fingerprint density at radius 1 is 1.00 bits per heavy atom. The molecule has 4 heteroatoms. The van der Waals surface area contributed by atoms with Gasteiger partial charge in [0.25, 0.3) is 0 Å². The van der Waals surface area contributed by atoms with E-state index in [2.05, 4.69) is 6.92 Å².